The Morgan fingerprint density at radius 1 is 1.05 bits per heavy atom. The molecule has 0 radical (unpaired) electrons. The highest BCUT2D eigenvalue weighted by atomic mass is 16.5. The maximum Gasteiger partial charge on any atom is 0.119 e. The zero-order chi connectivity index (χ0) is 14.2. The van der Waals surface area contributed by atoms with E-state index in [-0.39, 0.29) is 6.04 Å². The predicted octanol–water partition coefficient (Wildman–Crippen LogP) is 2.87. The molecule has 0 bridgehead atoms. The van der Waals surface area contributed by atoms with E-state index in [1.807, 2.05) is 30.3 Å². The number of nitrogens with two attached hydrogens (primary N) is 1. The highest BCUT2D eigenvalue weighted by Gasteiger charge is 2.07. The van der Waals surface area contributed by atoms with Crippen LogP contribution in [-0.4, -0.2) is 13.1 Å². The Labute approximate surface area is 120 Å². The van der Waals surface area contributed by atoms with Gasteiger partial charge in [-0.3, -0.25) is 0 Å². The smallest absolute Gasteiger partial charge is 0.119 e. The molecular formula is C17H22N2O. The van der Waals surface area contributed by atoms with E-state index in [0.717, 1.165) is 12.3 Å². The molecule has 0 aliphatic carbocycles. The van der Waals surface area contributed by atoms with Gasteiger partial charge in [-0.25, -0.2) is 0 Å². The molecule has 0 saturated heterocycles. The van der Waals surface area contributed by atoms with Crippen molar-refractivity contribution in [2.75, 3.05) is 13.1 Å². The van der Waals surface area contributed by atoms with Crippen LogP contribution in [-0.2, 0) is 6.61 Å². The summed E-state index contributed by atoms with van der Waals surface area (Å²) in [4.78, 5) is 0. The van der Waals surface area contributed by atoms with E-state index < -0.39 is 0 Å². The lowest BCUT2D eigenvalue weighted by molar-refractivity contribution is 0.306. The second kappa shape index (κ2) is 7.68. The molecular weight excluding hydrogens is 248 g/mol. The number of rotatable bonds is 7. The summed E-state index contributed by atoms with van der Waals surface area (Å²) >= 11 is 0. The topological polar surface area (TPSA) is 47.3 Å². The highest BCUT2D eigenvalue weighted by Crippen LogP contribution is 2.18. The average molecular weight is 270 g/mol. The number of hydrogen-bond donors (Lipinski definition) is 2. The van der Waals surface area contributed by atoms with Gasteiger partial charge in [-0.1, -0.05) is 49.4 Å². The molecule has 106 valence electrons. The van der Waals surface area contributed by atoms with Gasteiger partial charge in [0.2, 0.25) is 0 Å². The zero-order valence-electron chi connectivity index (χ0n) is 11.9. The second-order valence-corrected chi connectivity index (χ2v) is 4.69. The van der Waals surface area contributed by atoms with Crippen molar-refractivity contribution < 1.29 is 4.74 Å². The molecule has 0 aliphatic heterocycles. The highest BCUT2D eigenvalue weighted by molar-refractivity contribution is 5.29. The minimum Gasteiger partial charge on any atom is -0.489 e. The lowest BCUT2D eigenvalue weighted by atomic mass is 10.1. The van der Waals surface area contributed by atoms with Gasteiger partial charge >= 0.3 is 0 Å². The van der Waals surface area contributed by atoms with Crippen LogP contribution in [0.4, 0.5) is 0 Å². The normalized spacial score (nSPS) is 12.1. The number of benzene rings is 2. The molecule has 2 aromatic rings. The van der Waals surface area contributed by atoms with Crippen molar-refractivity contribution in [1.82, 2.24) is 5.32 Å². The fourth-order valence-corrected chi connectivity index (χ4v) is 2.12. The molecule has 0 aliphatic rings. The average Bonchev–Trinajstić information content (AvgIpc) is 2.52. The van der Waals surface area contributed by atoms with Crippen molar-refractivity contribution in [1.29, 1.82) is 0 Å². The summed E-state index contributed by atoms with van der Waals surface area (Å²) < 4.78 is 5.77. The molecule has 20 heavy (non-hydrogen) atoms. The van der Waals surface area contributed by atoms with Gasteiger partial charge in [0.05, 0.1) is 0 Å². The number of likely N-dealkylation sites (N-methyl/N-ethyl adjacent to an activating group) is 1. The van der Waals surface area contributed by atoms with E-state index in [1.165, 1.54) is 11.1 Å². The monoisotopic (exact) mass is 270 g/mol. The fraction of sp³-hybridized carbons (Fsp3) is 0.294. The van der Waals surface area contributed by atoms with Crippen LogP contribution in [0.1, 0.15) is 24.1 Å². The maximum absolute atomic E-state index is 5.77. The Kier molecular flexibility index (Phi) is 5.59. The van der Waals surface area contributed by atoms with Gasteiger partial charge in [-0.05, 0) is 29.8 Å². The number of nitrogens with one attached hydrogen (secondary N) is 1. The van der Waals surface area contributed by atoms with Crippen LogP contribution >= 0.6 is 0 Å². The first-order chi connectivity index (χ1) is 9.83. The first-order valence-corrected chi connectivity index (χ1v) is 7.03. The van der Waals surface area contributed by atoms with Crippen LogP contribution in [0.25, 0.3) is 0 Å². The third-order valence-electron chi connectivity index (χ3n) is 3.22. The second-order valence-electron chi connectivity index (χ2n) is 4.69. The third-order valence-corrected chi connectivity index (χ3v) is 3.22. The van der Waals surface area contributed by atoms with Gasteiger partial charge in [0, 0.05) is 12.6 Å². The lowest BCUT2D eigenvalue weighted by Crippen LogP contribution is -2.27. The zero-order valence-corrected chi connectivity index (χ0v) is 11.9. The molecule has 3 nitrogen and oxygen atoms in total. The molecule has 0 aromatic heterocycles. The molecule has 0 heterocycles. The van der Waals surface area contributed by atoms with Crippen LogP contribution < -0.4 is 15.8 Å². The summed E-state index contributed by atoms with van der Waals surface area (Å²) in [7, 11) is 0. The molecule has 3 N–H and O–H groups in total. The summed E-state index contributed by atoms with van der Waals surface area (Å²) in [6, 6.07) is 18.5. The van der Waals surface area contributed by atoms with Crippen molar-refractivity contribution >= 4 is 0 Å². The quantitative estimate of drug-likeness (QED) is 0.813. The van der Waals surface area contributed by atoms with Crippen LogP contribution in [0.2, 0.25) is 0 Å². The summed E-state index contributed by atoms with van der Waals surface area (Å²) in [5, 5.41) is 3.36. The Morgan fingerprint density at radius 3 is 2.35 bits per heavy atom. The van der Waals surface area contributed by atoms with Crippen molar-refractivity contribution in [2.24, 2.45) is 5.73 Å². The Morgan fingerprint density at radius 2 is 1.75 bits per heavy atom. The first kappa shape index (κ1) is 14.6. The van der Waals surface area contributed by atoms with Crippen molar-refractivity contribution in [3.63, 3.8) is 0 Å². The summed E-state index contributed by atoms with van der Waals surface area (Å²) in [6.07, 6.45) is 0. The molecule has 2 rings (SSSR count). The minimum atomic E-state index is 0.211. The molecule has 0 spiro atoms. The fourth-order valence-electron chi connectivity index (χ4n) is 2.12. The Balaban J connectivity index is 1.94. The van der Waals surface area contributed by atoms with Gasteiger partial charge in [0.1, 0.15) is 12.4 Å². The molecule has 0 fully saturated rings. The predicted molar refractivity (Wildman–Crippen MR) is 82.7 cm³/mol. The van der Waals surface area contributed by atoms with Crippen LogP contribution in [0.15, 0.2) is 54.6 Å². The molecule has 0 saturated carbocycles. The molecule has 1 atom stereocenters. The largest absolute Gasteiger partial charge is 0.489 e. The maximum atomic E-state index is 5.77. The van der Waals surface area contributed by atoms with E-state index in [4.69, 9.17) is 10.5 Å². The number of ether oxygens (including phenoxy) is 1. The van der Waals surface area contributed by atoms with Crippen LogP contribution in [0, 0.1) is 0 Å². The van der Waals surface area contributed by atoms with E-state index in [1.54, 1.807) is 0 Å². The molecule has 3 heteroatoms. The number of hydrogen-bond acceptors (Lipinski definition) is 3. The van der Waals surface area contributed by atoms with Gasteiger partial charge in [-0.15, -0.1) is 0 Å². The lowest BCUT2D eigenvalue weighted by Gasteiger charge is -2.16. The molecule has 1 unspecified atom stereocenters. The molecule has 0 amide bonds. The van der Waals surface area contributed by atoms with Gasteiger partial charge in [0.15, 0.2) is 0 Å². The van der Waals surface area contributed by atoms with Gasteiger partial charge in [-0.2, -0.15) is 0 Å². The van der Waals surface area contributed by atoms with Gasteiger partial charge in [0.25, 0.3) is 0 Å². The van der Waals surface area contributed by atoms with Crippen molar-refractivity contribution in [3.8, 4) is 5.75 Å². The van der Waals surface area contributed by atoms with E-state index in [2.05, 4.69) is 36.5 Å². The summed E-state index contributed by atoms with van der Waals surface area (Å²) in [6.45, 7) is 4.18. The summed E-state index contributed by atoms with van der Waals surface area (Å²) in [5.41, 5.74) is 8.14. The van der Waals surface area contributed by atoms with E-state index in [0.29, 0.717) is 13.2 Å². The standard InChI is InChI=1S/C17H22N2O/c1-2-19-17(12-18)15-8-10-16(11-9-15)20-13-14-6-4-3-5-7-14/h3-11,17,19H,2,12-13,18H2,1H3. The van der Waals surface area contributed by atoms with Crippen molar-refractivity contribution in [2.45, 2.75) is 19.6 Å². The molecule has 2 aromatic carbocycles. The van der Waals surface area contributed by atoms with Crippen LogP contribution in [0.3, 0.4) is 0 Å². The van der Waals surface area contributed by atoms with E-state index in [9.17, 15) is 0 Å². The Hall–Kier alpha value is -1.84. The van der Waals surface area contributed by atoms with Crippen LogP contribution in [0.5, 0.6) is 5.75 Å². The van der Waals surface area contributed by atoms with Crippen molar-refractivity contribution in [3.05, 3.63) is 65.7 Å². The van der Waals surface area contributed by atoms with E-state index >= 15 is 0 Å². The van der Waals surface area contributed by atoms with Gasteiger partial charge < -0.3 is 15.8 Å². The minimum absolute atomic E-state index is 0.211. The Bertz CT molecular complexity index is 496. The summed E-state index contributed by atoms with van der Waals surface area (Å²) in [5.74, 6) is 0.880. The first-order valence-electron chi connectivity index (χ1n) is 7.03. The third kappa shape index (κ3) is 4.08. The SMILES string of the molecule is CCNC(CN)c1ccc(OCc2ccccc2)cc1.